The molecule has 2 N–H and O–H groups in total. The second-order valence-electron chi connectivity index (χ2n) is 4.18. The Morgan fingerprint density at radius 2 is 2.16 bits per heavy atom. The smallest absolute Gasteiger partial charge is 0.322 e. The lowest BCUT2D eigenvalue weighted by Crippen LogP contribution is -2.50. The number of morpholine rings is 1. The maximum Gasteiger partial charge on any atom is 0.322 e. The number of primary amides is 1. The summed E-state index contributed by atoms with van der Waals surface area (Å²) in [6.07, 6.45) is 2.98. The number of carbonyl (C=O) groups is 2. The van der Waals surface area contributed by atoms with E-state index in [1.165, 1.54) is 6.20 Å². The highest BCUT2D eigenvalue weighted by atomic mass is 16.5. The third-order valence-electron chi connectivity index (χ3n) is 2.86. The first-order chi connectivity index (χ1) is 9.18. The minimum absolute atomic E-state index is 0.173. The molecule has 19 heavy (non-hydrogen) atoms. The minimum Gasteiger partial charge on any atom is -0.379 e. The van der Waals surface area contributed by atoms with Gasteiger partial charge in [-0.15, -0.1) is 0 Å². The largest absolute Gasteiger partial charge is 0.379 e. The summed E-state index contributed by atoms with van der Waals surface area (Å²) in [5.74, 6) is -0.438. The van der Waals surface area contributed by atoms with Crippen LogP contribution in [0.15, 0.2) is 24.5 Å². The first kappa shape index (κ1) is 13.4. The molecule has 2 rings (SSSR count). The topological polar surface area (TPSA) is 88.8 Å². The number of nitrogens with zero attached hydrogens (tertiary/aromatic N) is 3. The van der Waals surface area contributed by atoms with Crippen molar-refractivity contribution >= 4 is 11.9 Å². The van der Waals surface area contributed by atoms with Gasteiger partial charge in [-0.2, -0.15) is 0 Å². The summed E-state index contributed by atoms with van der Waals surface area (Å²) < 4.78 is 5.22. The van der Waals surface area contributed by atoms with Gasteiger partial charge in [-0.3, -0.25) is 14.7 Å². The van der Waals surface area contributed by atoms with Crippen LogP contribution in [0.25, 0.3) is 0 Å². The van der Waals surface area contributed by atoms with Gasteiger partial charge in [-0.25, -0.2) is 9.69 Å². The minimum atomic E-state index is -0.764. The Balaban J connectivity index is 2.07. The Labute approximate surface area is 110 Å². The van der Waals surface area contributed by atoms with Gasteiger partial charge in [0.1, 0.15) is 0 Å². The number of imide groups is 1. The van der Waals surface area contributed by atoms with E-state index in [9.17, 15) is 9.59 Å². The predicted molar refractivity (Wildman–Crippen MR) is 67.2 cm³/mol. The fourth-order valence-corrected chi connectivity index (χ4v) is 1.82. The highest BCUT2D eigenvalue weighted by Gasteiger charge is 2.24. The number of nitrogens with two attached hydrogens (primary N) is 1. The molecule has 102 valence electrons. The third-order valence-corrected chi connectivity index (χ3v) is 2.86. The number of rotatable bonds is 3. The number of amides is 3. The fourth-order valence-electron chi connectivity index (χ4n) is 1.82. The highest BCUT2D eigenvalue weighted by Crippen LogP contribution is 2.06. The van der Waals surface area contributed by atoms with Crippen molar-refractivity contribution < 1.29 is 14.3 Å². The van der Waals surface area contributed by atoms with Crippen molar-refractivity contribution in [2.24, 2.45) is 5.73 Å². The molecule has 7 heteroatoms. The Hall–Kier alpha value is -1.99. The van der Waals surface area contributed by atoms with Crippen LogP contribution in [0.5, 0.6) is 0 Å². The van der Waals surface area contributed by atoms with E-state index in [1.54, 1.807) is 18.3 Å². The fraction of sp³-hybridized carbons (Fsp3) is 0.417. The van der Waals surface area contributed by atoms with E-state index in [0.29, 0.717) is 31.9 Å². The molecule has 0 unspecified atom stereocenters. The molecule has 0 saturated carbocycles. The quantitative estimate of drug-likeness (QED) is 0.823. The summed E-state index contributed by atoms with van der Waals surface area (Å²) >= 11 is 0. The summed E-state index contributed by atoms with van der Waals surface area (Å²) in [5, 5.41) is 0. The van der Waals surface area contributed by atoms with Crippen LogP contribution in [0.3, 0.4) is 0 Å². The molecule has 1 fully saturated rings. The monoisotopic (exact) mass is 264 g/mol. The maximum absolute atomic E-state index is 12.2. The van der Waals surface area contributed by atoms with Crippen molar-refractivity contribution in [2.75, 3.05) is 33.0 Å². The van der Waals surface area contributed by atoms with E-state index in [4.69, 9.17) is 10.5 Å². The molecule has 0 bridgehead atoms. The molecule has 1 saturated heterocycles. The lowest BCUT2D eigenvalue weighted by molar-refractivity contribution is 0.0172. The maximum atomic E-state index is 12.2. The Morgan fingerprint density at radius 3 is 2.74 bits per heavy atom. The van der Waals surface area contributed by atoms with Gasteiger partial charge in [0.05, 0.1) is 25.4 Å². The van der Waals surface area contributed by atoms with E-state index in [-0.39, 0.29) is 6.67 Å². The molecule has 1 aliphatic heterocycles. The number of carbonyl (C=O) groups excluding carboxylic acids is 2. The van der Waals surface area contributed by atoms with Crippen LogP contribution >= 0.6 is 0 Å². The number of pyridine rings is 1. The van der Waals surface area contributed by atoms with Crippen LogP contribution in [-0.4, -0.2) is 59.7 Å². The first-order valence-corrected chi connectivity index (χ1v) is 6.00. The van der Waals surface area contributed by atoms with E-state index in [2.05, 4.69) is 4.98 Å². The lowest BCUT2D eigenvalue weighted by atomic mass is 10.2. The number of urea groups is 1. The average Bonchev–Trinajstić information content (AvgIpc) is 2.46. The summed E-state index contributed by atoms with van der Waals surface area (Å²) in [6, 6.07) is 2.48. The molecule has 0 spiro atoms. The molecular formula is C12H16N4O3. The molecular weight excluding hydrogens is 248 g/mol. The standard InChI is InChI=1S/C12H16N4O3/c13-12(18)16(9-15-4-6-19-7-5-15)11(17)10-2-1-3-14-8-10/h1-3,8H,4-7,9H2,(H2,13,18). The molecule has 0 radical (unpaired) electrons. The van der Waals surface area contributed by atoms with Crippen LogP contribution in [0.1, 0.15) is 10.4 Å². The Bertz CT molecular complexity index is 446. The van der Waals surface area contributed by atoms with Crippen molar-refractivity contribution in [3.05, 3.63) is 30.1 Å². The van der Waals surface area contributed by atoms with Crippen LogP contribution in [0.4, 0.5) is 4.79 Å². The van der Waals surface area contributed by atoms with Gasteiger partial charge >= 0.3 is 6.03 Å². The number of hydrogen-bond acceptors (Lipinski definition) is 5. The normalized spacial score (nSPS) is 16.0. The highest BCUT2D eigenvalue weighted by molar-refractivity contribution is 6.03. The molecule has 3 amide bonds. The zero-order valence-electron chi connectivity index (χ0n) is 10.5. The molecule has 1 aromatic rings. The van der Waals surface area contributed by atoms with Gasteiger partial charge in [-0.05, 0) is 12.1 Å². The molecule has 0 aromatic carbocycles. The average molecular weight is 264 g/mol. The molecule has 0 atom stereocenters. The van der Waals surface area contributed by atoms with Gasteiger partial charge in [-0.1, -0.05) is 0 Å². The Kier molecular flexibility index (Phi) is 4.43. The SMILES string of the molecule is NC(=O)N(CN1CCOCC1)C(=O)c1cccnc1. The Morgan fingerprint density at radius 1 is 1.42 bits per heavy atom. The number of aromatic nitrogens is 1. The predicted octanol–water partition coefficient (Wildman–Crippen LogP) is -0.108. The van der Waals surface area contributed by atoms with Gasteiger partial charge in [0, 0.05) is 25.5 Å². The van der Waals surface area contributed by atoms with E-state index >= 15 is 0 Å². The van der Waals surface area contributed by atoms with Gasteiger partial charge < -0.3 is 10.5 Å². The van der Waals surface area contributed by atoms with E-state index in [1.807, 2.05) is 4.90 Å². The van der Waals surface area contributed by atoms with E-state index < -0.39 is 11.9 Å². The molecule has 0 aliphatic carbocycles. The third kappa shape index (κ3) is 3.49. The van der Waals surface area contributed by atoms with Crippen LogP contribution < -0.4 is 5.73 Å². The summed E-state index contributed by atoms with van der Waals surface area (Å²) in [7, 11) is 0. The summed E-state index contributed by atoms with van der Waals surface area (Å²) in [5.41, 5.74) is 5.62. The second-order valence-corrected chi connectivity index (χ2v) is 4.18. The molecule has 1 aromatic heterocycles. The number of ether oxygens (including phenoxy) is 1. The molecule has 2 heterocycles. The second kappa shape index (κ2) is 6.26. The van der Waals surface area contributed by atoms with Crippen molar-refractivity contribution in [3.63, 3.8) is 0 Å². The van der Waals surface area contributed by atoms with Crippen molar-refractivity contribution in [3.8, 4) is 0 Å². The van der Waals surface area contributed by atoms with E-state index in [0.717, 1.165) is 4.90 Å². The lowest BCUT2D eigenvalue weighted by Gasteiger charge is -2.30. The van der Waals surface area contributed by atoms with Crippen LogP contribution in [0.2, 0.25) is 0 Å². The van der Waals surface area contributed by atoms with Crippen LogP contribution in [-0.2, 0) is 4.74 Å². The first-order valence-electron chi connectivity index (χ1n) is 6.00. The zero-order valence-corrected chi connectivity index (χ0v) is 10.5. The van der Waals surface area contributed by atoms with Gasteiger partial charge in [0.25, 0.3) is 5.91 Å². The van der Waals surface area contributed by atoms with Crippen molar-refractivity contribution in [1.82, 2.24) is 14.8 Å². The number of hydrogen-bond donors (Lipinski definition) is 1. The van der Waals surface area contributed by atoms with Crippen molar-refractivity contribution in [1.29, 1.82) is 0 Å². The summed E-state index contributed by atoms with van der Waals surface area (Å²) in [6.45, 7) is 2.70. The molecule has 7 nitrogen and oxygen atoms in total. The van der Waals surface area contributed by atoms with Gasteiger partial charge in [0.15, 0.2) is 0 Å². The zero-order chi connectivity index (χ0) is 13.7. The van der Waals surface area contributed by atoms with Gasteiger partial charge in [0.2, 0.25) is 0 Å². The summed E-state index contributed by atoms with van der Waals surface area (Å²) in [4.78, 5) is 30.4. The molecule has 1 aliphatic rings. The van der Waals surface area contributed by atoms with Crippen LogP contribution in [0, 0.1) is 0 Å². The van der Waals surface area contributed by atoms with Crippen molar-refractivity contribution in [2.45, 2.75) is 0 Å².